The quantitative estimate of drug-likeness (QED) is 0.336. The molecule has 12 heavy (non-hydrogen) atoms. The molecule has 68 valence electrons. The average molecular weight is 165 g/mol. The Balaban J connectivity index is 3.53. The molecule has 0 atom stereocenters. The molecule has 0 saturated heterocycles. The Bertz CT molecular complexity index is 187. The number of rotatable bonds is 5. The van der Waals surface area contributed by atoms with E-state index in [1.165, 1.54) is 17.6 Å². The van der Waals surface area contributed by atoms with Gasteiger partial charge in [-0.05, 0) is 39.3 Å². The third-order valence-electron chi connectivity index (χ3n) is 1.84. The molecule has 0 aliphatic heterocycles. The molecule has 0 radical (unpaired) electrons. The molecule has 0 heterocycles. The van der Waals surface area contributed by atoms with Crippen molar-refractivity contribution in [2.24, 2.45) is 4.99 Å². The molecule has 1 heteroatoms. The van der Waals surface area contributed by atoms with Crippen molar-refractivity contribution in [1.82, 2.24) is 0 Å². The standard InChI is InChI=1S/C11H19N/c1-10(2)11(3)8-6-5-7-9-12-4/h8-9H,1,5-7H2,2-4H3/b11-8+,12-9+. The molecule has 0 N–H and O–H groups in total. The fourth-order valence-corrected chi connectivity index (χ4v) is 0.831. The molecule has 0 aliphatic carbocycles. The van der Waals surface area contributed by atoms with Crippen LogP contribution in [0.15, 0.2) is 28.8 Å². The highest BCUT2D eigenvalue weighted by Gasteiger charge is 1.88. The van der Waals surface area contributed by atoms with E-state index in [0.29, 0.717) is 0 Å². The maximum atomic E-state index is 3.92. The van der Waals surface area contributed by atoms with Gasteiger partial charge in [0.25, 0.3) is 0 Å². The second kappa shape index (κ2) is 6.84. The zero-order chi connectivity index (χ0) is 9.40. The van der Waals surface area contributed by atoms with Crippen LogP contribution in [0, 0.1) is 0 Å². The van der Waals surface area contributed by atoms with Crippen LogP contribution in [0.3, 0.4) is 0 Å². The summed E-state index contributed by atoms with van der Waals surface area (Å²) in [6.45, 7) is 8.02. The van der Waals surface area contributed by atoms with E-state index in [-0.39, 0.29) is 0 Å². The summed E-state index contributed by atoms with van der Waals surface area (Å²) < 4.78 is 0. The molecular formula is C11H19N. The van der Waals surface area contributed by atoms with E-state index in [0.717, 1.165) is 12.8 Å². The van der Waals surface area contributed by atoms with E-state index in [2.05, 4.69) is 24.6 Å². The number of unbranched alkanes of at least 4 members (excludes halogenated alkanes) is 2. The van der Waals surface area contributed by atoms with Gasteiger partial charge in [0.05, 0.1) is 0 Å². The van der Waals surface area contributed by atoms with Crippen molar-refractivity contribution in [2.45, 2.75) is 33.1 Å². The second-order valence-corrected chi connectivity index (χ2v) is 3.04. The highest BCUT2D eigenvalue weighted by molar-refractivity contribution is 5.56. The van der Waals surface area contributed by atoms with E-state index >= 15 is 0 Å². The van der Waals surface area contributed by atoms with Crippen molar-refractivity contribution in [3.63, 3.8) is 0 Å². The van der Waals surface area contributed by atoms with Gasteiger partial charge in [-0.3, -0.25) is 0 Å². The fourth-order valence-electron chi connectivity index (χ4n) is 0.831. The SMILES string of the molecule is C=C(C)/C(C)=C/CCC/C=N/C. The summed E-state index contributed by atoms with van der Waals surface area (Å²) in [7, 11) is 1.81. The van der Waals surface area contributed by atoms with Crippen LogP contribution in [0.5, 0.6) is 0 Å². The van der Waals surface area contributed by atoms with E-state index in [4.69, 9.17) is 0 Å². The number of allylic oxidation sites excluding steroid dienone is 3. The van der Waals surface area contributed by atoms with Crippen LogP contribution in [0.25, 0.3) is 0 Å². The van der Waals surface area contributed by atoms with E-state index in [1.54, 1.807) is 0 Å². The Morgan fingerprint density at radius 2 is 2.00 bits per heavy atom. The molecule has 0 aromatic rings. The van der Waals surface area contributed by atoms with Crippen molar-refractivity contribution in [3.8, 4) is 0 Å². The predicted molar refractivity (Wildman–Crippen MR) is 56.8 cm³/mol. The highest BCUT2D eigenvalue weighted by Crippen LogP contribution is 2.07. The lowest BCUT2D eigenvalue weighted by molar-refractivity contribution is 0.896. The molecule has 0 aromatic carbocycles. The van der Waals surface area contributed by atoms with E-state index in [1.807, 2.05) is 20.2 Å². The number of hydrogen-bond acceptors (Lipinski definition) is 1. The Morgan fingerprint density at radius 1 is 1.33 bits per heavy atom. The molecule has 0 saturated carbocycles. The Morgan fingerprint density at radius 3 is 2.50 bits per heavy atom. The largest absolute Gasteiger partial charge is 0.301 e. The minimum atomic E-state index is 1.08. The number of aliphatic imine (C=N–C) groups is 1. The summed E-state index contributed by atoms with van der Waals surface area (Å²) in [5, 5.41) is 0. The molecular weight excluding hydrogens is 146 g/mol. The summed E-state index contributed by atoms with van der Waals surface area (Å²) >= 11 is 0. The predicted octanol–water partition coefficient (Wildman–Crippen LogP) is 3.38. The molecule has 0 rings (SSSR count). The first-order chi connectivity index (χ1) is 5.68. The van der Waals surface area contributed by atoms with Crippen LogP contribution in [0.1, 0.15) is 33.1 Å². The van der Waals surface area contributed by atoms with Gasteiger partial charge in [0, 0.05) is 7.05 Å². The summed E-state index contributed by atoms with van der Waals surface area (Å²) in [4.78, 5) is 3.92. The first kappa shape index (κ1) is 11.2. The summed E-state index contributed by atoms with van der Waals surface area (Å²) in [5.74, 6) is 0. The fraction of sp³-hybridized carbons (Fsp3) is 0.545. The first-order valence-corrected chi connectivity index (χ1v) is 4.41. The van der Waals surface area contributed by atoms with Crippen molar-refractivity contribution >= 4 is 6.21 Å². The Kier molecular flexibility index (Phi) is 6.35. The van der Waals surface area contributed by atoms with E-state index < -0.39 is 0 Å². The van der Waals surface area contributed by atoms with Crippen LogP contribution < -0.4 is 0 Å². The Hall–Kier alpha value is -0.850. The zero-order valence-corrected chi connectivity index (χ0v) is 8.43. The lowest BCUT2D eigenvalue weighted by Gasteiger charge is -1.97. The molecule has 0 aromatic heterocycles. The summed E-state index contributed by atoms with van der Waals surface area (Å²) in [6.07, 6.45) is 7.60. The maximum Gasteiger partial charge on any atom is 0.0273 e. The van der Waals surface area contributed by atoms with Gasteiger partial charge in [0.1, 0.15) is 0 Å². The third kappa shape index (κ3) is 5.90. The van der Waals surface area contributed by atoms with Crippen molar-refractivity contribution in [3.05, 3.63) is 23.8 Å². The Labute approximate surface area is 75.9 Å². The molecule has 0 fully saturated rings. The molecule has 0 amide bonds. The molecule has 0 unspecified atom stereocenters. The number of hydrogen-bond donors (Lipinski definition) is 0. The van der Waals surface area contributed by atoms with Gasteiger partial charge in [-0.1, -0.05) is 23.8 Å². The van der Waals surface area contributed by atoms with Crippen molar-refractivity contribution in [2.75, 3.05) is 7.05 Å². The topological polar surface area (TPSA) is 12.4 Å². The van der Waals surface area contributed by atoms with Crippen molar-refractivity contribution < 1.29 is 0 Å². The molecule has 0 spiro atoms. The normalized spacial score (nSPS) is 12.4. The van der Waals surface area contributed by atoms with Crippen LogP contribution in [-0.4, -0.2) is 13.3 Å². The van der Waals surface area contributed by atoms with Gasteiger partial charge >= 0.3 is 0 Å². The van der Waals surface area contributed by atoms with Crippen LogP contribution in [-0.2, 0) is 0 Å². The zero-order valence-electron chi connectivity index (χ0n) is 8.43. The lowest BCUT2D eigenvalue weighted by atomic mass is 10.1. The summed E-state index contributed by atoms with van der Waals surface area (Å²) in [5.41, 5.74) is 2.47. The highest BCUT2D eigenvalue weighted by atomic mass is 14.6. The minimum absolute atomic E-state index is 1.08. The van der Waals surface area contributed by atoms with Gasteiger partial charge in [-0.15, -0.1) is 0 Å². The monoisotopic (exact) mass is 165 g/mol. The van der Waals surface area contributed by atoms with Gasteiger partial charge in [0.2, 0.25) is 0 Å². The summed E-state index contributed by atoms with van der Waals surface area (Å²) in [6, 6.07) is 0. The van der Waals surface area contributed by atoms with Crippen LogP contribution in [0.2, 0.25) is 0 Å². The molecule has 0 bridgehead atoms. The van der Waals surface area contributed by atoms with Crippen LogP contribution in [0.4, 0.5) is 0 Å². The van der Waals surface area contributed by atoms with Crippen molar-refractivity contribution in [1.29, 1.82) is 0 Å². The molecule has 0 aliphatic rings. The smallest absolute Gasteiger partial charge is 0.0273 e. The second-order valence-electron chi connectivity index (χ2n) is 3.04. The van der Waals surface area contributed by atoms with Gasteiger partial charge in [0.15, 0.2) is 0 Å². The molecule has 1 nitrogen and oxygen atoms in total. The minimum Gasteiger partial charge on any atom is -0.301 e. The maximum absolute atomic E-state index is 3.92. The first-order valence-electron chi connectivity index (χ1n) is 4.41. The van der Waals surface area contributed by atoms with Gasteiger partial charge in [-0.2, -0.15) is 0 Å². The van der Waals surface area contributed by atoms with Crippen LogP contribution >= 0.6 is 0 Å². The lowest BCUT2D eigenvalue weighted by Crippen LogP contribution is -1.79. The van der Waals surface area contributed by atoms with E-state index in [9.17, 15) is 0 Å². The third-order valence-corrected chi connectivity index (χ3v) is 1.84. The van der Waals surface area contributed by atoms with Gasteiger partial charge in [-0.25, -0.2) is 0 Å². The number of nitrogens with zero attached hydrogens (tertiary/aromatic N) is 1. The van der Waals surface area contributed by atoms with Gasteiger partial charge < -0.3 is 4.99 Å². The average Bonchev–Trinajstić information content (AvgIpc) is 2.03.